The number of nitrogens with zero attached hydrogens (tertiary/aromatic N) is 6. The number of carbonyl (C=O) groups excluding carboxylic acids is 1. The van der Waals surface area contributed by atoms with Crippen LogP contribution in [0, 0.1) is 11.3 Å². The van der Waals surface area contributed by atoms with E-state index in [0.29, 0.717) is 54.1 Å². The van der Waals surface area contributed by atoms with Gasteiger partial charge < -0.3 is 29.3 Å². The number of nitrogens with one attached hydrogen (secondary N) is 1. The summed E-state index contributed by atoms with van der Waals surface area (Å²) in [4.78, 5) is 27.4. The van der Waals surface area contributed by atoms with Gasteiger partial charge in [0.15, 0.2) is 5.82 Å². The van der Waals surface area contributed by atoms with Crippen LogP contribution < -0.4 is 15.0 Å². The molecule has 6 rings (SSSR count). The summed E-state index contributed by atoms with van der Waals surface area (Å²) in [5.74, 6) is 1.63. The SMILES string of the molecule is COC(=O)N1CC[C@@H](Oc2ccc(-c3nccc(Nc4ccc(N5CCN(C6COC6)CC5)cc4)n3)cc2C#N)C1. The molecule has 3 aliphatic rings. The highest BCUT2D eigenvalue weighted by Gasteiger charge is 2.30. The highest BCUT2D eigenvalue weighted by atomic mass is 16.5. The molecule has 212 valence electrons. The second kappa shape index (κ2) is 12.0. The molecule has 41 heavy (non-hydrogen) atoms. The van der Waals surface area contributed by atoms with Crippen molar-refractivity contribution in [2.24, 2.45) is 0 Å². The topological polar surface area (TPSA) is 116 Å². The maximum atomic E-state index is 11.8. The van der Waals surface area contributed by atoms with Crippen molar-refractivity contribution in [2.45, 2.75) is 18.6 Å². The molecule has 1 N–H and O–H groups in total. The van der Waals surface area contributed by atoms with Crippen LogP contribution in [0.1, 0.15) is 12.0 Å². The predicted octanol–water partition coefficient (Wildman–Crippen LogP) is 3.50. The van der Waals surface area contributed by atoms with Crippen LogP contribution in [0.4, 0.5) is 22.0 Å². The third kappa shape index (κ3) is 6.04. The number of benzene rings is 2. The van der Waals surface area contributed by atoms with Crippen LogP contribution in [0.5, 0.6) is 5.75 Å². The summed E-state index contributed by atoms with van der Waals surface area (Å²) in [6, 6.07) is 18.4. The Morgan fingerprint density at radius 3 is 2.59 bits per heavy atom. The molecule has 11 heteroatoms. The highest BCUT2D eigenvalue weighted by Crippen LogP contribution is 2.28. The monoisotopic (exact) mass is 555 g/mol. The number of hydrogen-bond donors (Lipinski definition) is 1. The summed E-state index contributed by atoms with van der Waals surface area (Å²) >= 11 is 0. The maximum Gasteiger partial charge on any atom is 0.409 e. The van der Waals surface area contributed by atoms with E-state index in [1.54, 1.807) is 23.2 Å². The standard InChI is InChI=1S/C30H33N7O4/c1-39-30(38)37-11-9-26(18-37)41-27-7-2-21(16-22(27)17-31)29-32-10-8-28(34-29)33-23-3-5-24(6-4-23)35-12-14-36(15-13-35)25-19-40-20-25/h2-8,10,16,25-26H,9,11-15,18-20H2,1H3,(H,32,33,34)/t26-/m1/s1. The van der Waals surface area contributed by atoms with Gasteiger partial charge in [-0.25, -0.2) is 14.8 Å². The normalized spacial score (nSPS) is 19.4. The number of ether oxygens (including phenoxy) is 3. The molecule has 3 aliphatic heterocycles. The molecular weight excluding hydrogens is 522 g/mol. The van der Waals surface area contributed by atoms with Gasteiger partial charge >= 0.3 is 6.09 Å². The minimum absolute atomic E-state index is 0.200. The average Bonchev–Trinajstić information content (AvgIpc) is 3.46. The summed E-state index contributed by atoms with van der Waals surface area (Å²) in [6.07, 6.45) is 1.80. The molecule has 11 nitrogen and oxygen atoms in total. The van der Waals surface area contributed by atoms with E-state index in [1.165, 1.54) is 12.8 Å². The van der Waals surface area contributed by atoms with Crippen molar-refractivity contribution in [3.63, 3.8) is 0 Å². The van der Waals surface area contributed by atoms with Crippen LogP contribution in [0.2, 0.25) is 0 Å². The summed E-state index contributed by atoms with van der Waals surface area (Å²) in [5, 5.41) is 13.1. The molecule has 0 aliphatic carbocycles. The number of aromatic nitrogens is 2. The zero-order valence-electron chi connectivity index (χ0n) is 23.0. The molecule has 4 heterocycles. The van der Waals surface area contributed by atoms with Crippen molar-refractivity contribution in [2.75, 3.05) is 69.8 Å². The van der Waals surface area contributed by atoms with Crippen LogP contribution in [-0.4, -0.2) is 97.6 Å². The lowest BCUT2D eigenvalue weighted by atomic mass is 10.1. The van der Waals surface area contributed by atoms with Crippen LogP contribution in [0.3, 0.4) is 0 Å². The van der Waals surface area contributed by atoms with E-state index in [0.717, 1.165) is 45.1 Å². The lowest BCUT2D eigenvalue weighted by Crippen LogP contribution is -2.56. The number of amides is 1. The molecular formula is C30H33N7O4. The fourth-order valence-corrected chi connectivity index (χ4v) is 5.41. The van der Waals surface area contributed by atoms with Gasteiger partial charge in [0.1, 0.15) is 23.7 Å². The Kier molecular flexibility index (Phi) is 7.84. The van der Waals surface area contributed by atoms with Gasteiger partial charge in [-0.3, -0.25) is 4.90 Å². The minimum atomic E-state index is -0.373. The highest BCUT2D eigenvalue weighted by molar-refractivity contribution is 5.68. The van der Waals surface area contributed by atoms with Crippen LogP contribution in [-0.2, 0) is 9.47 Å². The Balaban J connectivity index is 1.08. The van der Waals surface area contributed by atoms with Crippen molar-refractivity contribution in [3.05, 3.63) is 60.3 Å². The van der Waals surface area contributed by atoms with Crippen molar-refractivity contribution in [1.82, 2.24) is 19.8 Å². The second-order valence-corrected chi connectivity index (χ2v) is 10.4. The zero-order chi connectivity index (χ0) is 28.2. The Bertz CT molecular complexity index is 1420. The summed E-state index contributed by atoms with van der Waals surface area (Å²) < 4.78 is 16.2. The quantitative estimate of drug-likeness (QED) is 0.464. The van der Waals surface area contributed by atoms with Crippen LogP contribution >= 0.6 is 0 Å². The van der Waals surface area contributed by atoms with Crippen molar-refractivity contribution in [3.8, 4) is 23.2 Å². The molecule has 1 amide bonds. The Morgan fingerprint density at radius 2 is 1.88 bits per heavy atom. The van der Waals surface area contributed by atoms with Crippen LogP contribution in [0.25, 0.3) is 11.4 Å². The van der Waals surface area contributed by atoms with E-state index in [-0.39, 0.29) is 12.2 Å². The van der Waals surface area contributed by atoms with E-state index in [1.807, 2.05) is 12.1 Å². The molecule has 0 saturated carbocycles. The summed E-state index contributed by atoms with van der Waals surface area (Å²) in [5.41, 5.74) is 3.24. The van der Waals surface area contributed by atoms with E-state index in [4.69, 9.17) is 14.2 Å². The van der Waals surface area contributed by atoms with Gasteiger partial charge in [0.2, 0.25) is 0 Å². The van der Waals surface area contributed by atoms with E-state index < -0.39 is 0 Å². The second-order valence-electron chi connectivity index (χ2n) is 10.4. The van der Waals surface area contributed by atoms with Crippen molar-refractivity contribution < 1.29 is 19.0 Å². The fourth-order valence-electron chi connectivity index (χ4n) is 5.41. The number of hydrogen-bond acceptors (Lipinski definition) is 10. The maximum absolute atomic E-state index is 11.8. The van der Waals surface area contributed by atoms with Gasteiger partial charge in [0.05, 0.1) is 38.5 Å². The van der Waals surface area contributed by atoms with Crippen molar-refractivity contribution in [1.29, 1.82) is 5.26 Å². The number of carbonyl (C=O) groups is 1. The zero-order valence-corrected chi connectivity index (χ0v) is 23.0. The Labute approximate surface area is 239 Å². The van der Waals surface area contributed by atoms with Crippen LogP contribution in [0.15, 0.2) is 54.7 Å². The Morgan fingerprint density at radius 1 is 1.07 bits per heavy atom. The third-order valence-corrected chi connectivity index (χ3v) is 7.84. The molecule has 0 radical (unpaired) electrons. The van der Waals surface area contributed by atoms with Gasteiger partial charge in [-0.05, 0) is 48.5 Å². The van der Waals surface area contributed by atoms with Gasteiger partial charge in [-0.2, -0.15) is 5.26 Å². The van der Waals surface area contributed by atoms with E-state index in [9.17, 15) is 10.1 Å². The lowest BCUT2D eigenvalue weighted by molar-refractivity contribution is -0.0660. The molecule has 0 spiro atoms. The first-order valence-electron chi connectivity index (χ1n) is 13.9. The fraction of sp³-hybridized carbons (Fsp3) is 0.400. The first-order chi connectivity index (χ1) is 20.1. The predicted molar refractivity (Wildman–Crippen MR) is 153 cm³/mol. The van der Waals surface area contributed by atoms with Crippen molar-refractivity contribution >= 4 is 23.3 Å². The number of nitriles is 1. The largest absolute Gasteiger partial charge is 0.487 e. The number of piperazine rings is 1. The average molecular weight is 556 g/mol. The summed E-state index contributed by atoms with van der Waals surface area (Å²) in [6.45, 7) is 6.86. The number of anilines is 3. The molecule has 1 aromatic heterocycles. The third-order valence-electron chi connectivity index (χ3n) is 7.84. The number of methoxy groups -OCH3 is 1. The summed E-state index contributed by atoms with van der Waals surface area (Å²) in [7, 11) is 1.36. The van der Waals surface area contributed by atoms with E-state index in [2.05, 4.69) is 55.4 Å². The Hall–Kier alpha value is -4.40. The molecule has 3 saturated heterocycles. The van der Waals surface area contributed by atoms with E-state index >= 15 is 0 Å². The number of likely N-dealkylation sites (tertiary alicyclic amines) is 1. The molecule has 0 unspecified atom stereocenters. The van der Waals surface area contributed by atoms with Gasteiger partial charge in [0.25, 0.3) is 0 Å². The first-order valence-corrected chi connectivity index (χ1v) is 13.9. The smallest absolute Gasteiger partial charge is 0.409 e. The molecule has 0 bridgehead atoms. The molecule has 2 aromatic carbocycles. The molecule has 3 aromatic rings. The molecule has 1 atom stereocenters. The first kappa shape index (κ1) is 26.8. The van der Waals surface area contributed by atoms with Gasteiger partial charge in [-0.15, -0.1) is 0 Å². The van der Waals surface area contributed by atoms with Gasteiger partial charge in [-0.1, -0.05) is 0 Å². The lowest BCUT2D eigenvalue weighted by Gasteiger charge is -2.43. The minimum Gasteiger partial charge on any atom is -0.487 e. The number of rotatable bonds is 7. The van der Waals surface area contributed by atoms with Gasteiger partial charge in [0, 0.05) is 62.3 Å². The molecule has 3 fully saturated rings.